The zero-order chi connectivity index (χ0) is 26.7. The highest BCUT2D eigenvalue weighted by molar-refractivity contribution is 9.10. The molecular weight excluding hydrogens is 546 g/mol. The van der Waals surface area contributed by atoms with Crippen LogP contribution >= 0.6 is 15.9 Å². The highest BCUT2D eigenvalue weighted by atomic mass is 79.9. The second kappa shape index (κ2) is 9.31. The predicted octanol–water partition coefficient (Wildman–Crippen LogP) is 5.09. The number of likely N-dealkylation sites (tertiary alicyclic amines) is 1. The average molecular weight is 572 g/mol. The normalized spacial score (nSPS) is 23.6. The highest BCUT2D eigenvalue weighted by Gasteiger charge is 2.63. The van der Waals surface area contributed by atoms with E-state index in [1.165, 1.54) is 0 Å². The molecule has 3 unspecified atom stereocenters. The molecule has 1 saturated heterocycles. The van der Waals surface area contributed by atoms with Crippen LogP contribution in [0.4, 0.5) is 0 Å². The standard InChI is InChI=1S/C31H26BrNO5/c1-16(2)28(31(37)38-15-23(34)17-11-13-18(32)14-12-17)33-29(35)26-24-19-7-3-4-8-20(19)25(27(26)30(33)36)22-10-6-5-9-21(22)24/h3-14,16,24-28H,15H2,1-2H3. The first-order valence-corrected chi connectivity index (χ1v) is 13.6. The van der Waals surface area contributed by atoms with E-state index in [1.54, 1.807) is 38.1 Å². The summed E-state index contributed by atoms with van der Waals surface area (Å²) in [5.41, 5.74) is 4.70. The Hall–Kier alpha value is -3.58. The lowest BCUT2D eigenvalue weighted by atomic mass is 9.55. The maximum atomic E-state index is 14.0. The summed E-state index contributed by atoms with van der Waals surface area (Å²) in [6.07, 6.45) is 0. The van der Waals surface area contributed by atoms with E-state index in [0.717, 1.165) is 31.6 Å². The van der Waals surface area contributed by atoms with Crippen LogP contribution in [0.15, 0.2) is 77.3 Å². The van der Waals surface area contributed by atoms with Crippen LogP contribution in [0.3, 0.4) is 0 Å². The second-order valence-corrected chi connectivity index (χ2v) is 11.5. The van der Waals surface area contributed by atoms with E-state index in [0.29, 0.717) is 5.56 Å². The van der Waals surface area contributed by atoms with Crippen molar-refractivity contribution in [2.45, 2.75) is 31.7 Å². The Morgan fingerprint density at radius 3 is 1.66 bits per heavy atom. The van der Waals surface area contributed by atoms with Crippen molar-refractivity contribution in [1.82, 2.24) is 4.90 Å². The Morgan fingerprint density at radius 2 is 1.24 bits per heavy atom. The zero-order valence-electron chi connectivity index (χ0n) is 21.0. The van der Waals surface area contributed by atoms with Crippen LogP contribution in [-0.4, -0.2) is 41.1 Å². The van der Waals surface area contributed by atoms with Gasteiger partial charge in [0.15, 0.2) is 12.4 Å². The van der Waals surface area contributed by atoms with Gasteiger partial charge in [-0.15, -0.1) is 0 Å². The number of benzene rings is 3. The SMILES string of the molecule is CC(C)C(C(=O)OCC(=O)c1ccc(Br)cc1)N1C(=O)C2C3c4ccccc4C(c4ccccc43)C2C1=O. The third-order valence-electron chi connectivity index (χ3n) is 8.15. The number of imide groups is 1. The van der Waals surface area contributed by atoms with Crippen LogP contribution in [0.2, 0.25) is 0 Å². The van der Waals surface area contributed by atoms with Gasteiger partial charge < -0.3 is 4.74 Å². The third kappa shape index (κ3) is 3.67. The molecule has 3 aliphatic carbocycles. The van der Waals surface area contributed by atoms with Crippen LogP contribution in [0, 0.1) is 17.8 Å². The number of carbonyl (C=O) groups is 4. The first kappa shape index (κ1) is 24.7. The average Bonchev–Trinajstić information content (AvgIpc) is 3.18. The summed E-state index contributed by atoms with van der Waals surface area (Å²) in [5.74, 6) is -3.81. The fraction of sp³-hybridized carbons (Fsp3) is 0.290. The summed E-state index contributed by atoms with van der Waals surface area (Å²) >= 11 is 3.33. The van der Waals surface area contributed by atoms with Crippen molar-refractivity contribution in [1.29, 1.82) is 0 Å². The van der Waals surface area contributed by atoms with Gasteiger partial charge in [-0.2, -0.15) is 0 Å². The predicted molar refractivity (Wildman–Crippen MR) is 143 cm³/mol. The maximum Gasteiger partial charge on any atom is 0.330 e. The molecular formula is C31H26BrNO5. The van der Waals surface area contributed by atoms with E-state index in [4.69, 9.17) is 4.74 Å². The quantitative estimate of drug-likeness (QED) is 0.234. The van der Waals surface area contributed by atoms with Gasteiger partial charge in [0.25, 0.3) is 0 Å². The van der Waals surface area contributed by atoms with Gasteiger partial charge >= 0.3 is 5.97 Å². The molecule has 3 atom stereocenters. The van der Waals surface area contributed by atoms with Crippen molar-refractivity contribution in [2.24, 2.45) is 17.8 Å². The lowest BCUT2D eigenvalue weighted by Gasteiger charge is -2.45. The lowest BCUT2D eigenvalue weighted by molar-refractivity contribution is -0.160. The molecule has 7 rings (SSSR count). The third-order valence-corrected chi connectivity index (χ3v) is 8.67. The van der Waals surface area contributed by atoms with E-state index >= 15 is 0 Å². The number of nitrogens with zero attached hydrogens (tertiary/aromatic N) is 1. The second-order valence-electron chi connectivity index (χ2n) is 10.5. The molecule has 1 heterocycles. The number of hydrogen-bond donors (Lipinski definition) is 0. The first-order chi connectivity index (χ1) is 18.3. The summed E-state index contributed by atoms with van der Waals surface area (Å²) in [6.45, 7) is 3.10. The van der Waals surface area contributed by atoms with Gasteiger partial charge in [-0.1, -0.05) is 90.4 Å². The van der Waals surface area contributed by atoms with Gasteiger partial charge in [0, 0.05) is 21.9 Å². The molecule has 0 spiro atoms. The minimum atomic E-state index is -1.11. The van der Waals surface area contributed by atoms with Gasteiger partial charge in [0.2, 0.25) is 11.8 Å². The summed E-state index contributed by atoms with van der Waals surface area (Å²) in [7, 11) is 0. The van der Waals surface area contributed by atoms with Gasteiger partial charge in [0.05, 0.1) is 11.8 Å². The van der Waals surface area contributed by atoms with Crippen molar-refractivity contribution in [3.63, 3.8) is 0 Å². The summed E-state index contributed by atoms with van der Waals surface area (Å²) < 4.78 is 6.25. The monoisotopic (exact) mass is 571 g/mol. The van der Waals surface area contributed by atoms with E-state index in [9.17, 15) is 19.2 Å². The maximum absolute atomic E-state index is 14.0. The van der Waals surface area contributed by atoms with E-state index in [-0.39, 0.29) is 35.4 Å². The molecule has 192 valence electrons. The number of hydrogen-bond acceptors (Lipinski definition) is 5. The summed E-state index contributed by atoms with van der Waals surface area (Å²) in [5, 5.41) is 0. The molecule has 1 fully saturated rings. The molecule has 0 saturated carbocycles. The van der Waals surface area contributed by atoms with Crippen molar-refractivity contribution >= 4 is 39.5 Å². The molecule has 38 heavy (non-hydrogen) atoms. The molecule has 6 nitrogen and oxygen atoms in total. The van der Waals surface area contributed by atoms with Gasteiger partial charge in [-0.25, -0.2) is 4.79 Å². The molecule has 3 aromatic carbocycles. The Balaban J connectivity index is 1.31. The Morgan fingerprint density at radius 1 is 0.789 bits per heavy atom. The molecule has 0 aromatic heterocycles. The number of Topliss-reactive ketones (excluding diaryl/α,β-unsaturated/α-hetero) is 1. The molecule has 0 N–H and O–H groups in total. The number of ketones is 1. The number of ether oxygens (including phenoxy) is 1. The van der Waals surface area contributed by atoms with Gasteiger partial charge in [-0.3, -0.25) is 19.3 Å². The summed E-state index contributed by atoms with van der Waals surface area (Å²) in [4.78, 5) is 55.2. The largest absolute Gasteiger partial charge is 0.456 e. The Bertz CT molecular complexity index is 1360. The van der Waals surface area contributed by atoms with Crippen molar-refractivity contribution in [3.8, 4) is 0 Å². The number of carbonyl (C=O) groups excluding carboxylic acids is 4. The fourth-order valence-corrected chi connectivity index (χ4v) is 6.86. The van der Waals surface area contributed by atoms with Gasteiger partial charge in [-0.05, 0) is 40.3 Å². The van der Waals surface area contributed by atoms with Crippen molar-refractivity contribution < 1.29 is 23.9 Å². The first-order valence-electron chi connectivity index (χ1n) is 12.8. The molecule has 7 heteroatoms. The molecule has 0 radical (unpaired) electrons. The summed E-state index contributed by atoms with van der Waals surface area (Å²) in [6, 6.07) is 21.7. The number of esters is 1. The molecule has 2 bridgehead atoms. The van der Waals surface area contributed by atoms with Crippen LogP contribution in [0.25, 0.3) is 0 Å². The topological polar surface area (TPSA) is 80.8 Å². The van der Waals surface area contributed by atoms with E-state index in [1.807, 2.05) is 48.5 Å². The Kier molecular flexibility index (Phi) is 6.06. The molecule has 2 amide bonds. The minimum absolute atomic E-state index is 0.248. The number of rotatable bonds is 6. The van der Waals surface area contributed by atoms with Crippen LogP contribution in [-0.2, 0) is 19.1 Å². The van der Waals surface area contributed by atoms with Crippen LogP contribution in [0.1, 0.15) is 58.3 Å². The van der Waals surface area contributed by atoms with Crippen molar-refractivity contribution in [2.75, 3.05) is 6.61 Å². The van der Waals surface area contributed by atoms with Crippen LogP contribution < -0.4 is 0 Å². The highest BCUT2D eigenvalue weighted by Crippen LogP contribution is 2.61. The molecule has 1 aliphatic heterocycles. The fourth-order valence-electron chi connectivity index (χ4n) is 6.59. The van der Waals surface area contributed by atoms with E-state index in [2.05, 4.69) is 15.9 Å². The van der Waals surface area contributed by atoms with Crippen LogP contribution in [0.5, 0.6) is 0 Å². The smallest absolute Gasteiger partial charge is 0.330 e. The number of halogens is 1. The minimum Gasteiger partial charge on any atom is -0.456 e. The van der Waals surface area contributed by atoms with E-state index < -0.39 is 30.5 Å². The zero-order valence-corrected chi connectivity index (χ0v) is 22.6. The Labute approximate surface area is 229 Å². The lowest BCUT2D eigenvalue weighted by Crippen LogP contribution is -2.49. The van der Waals surface area contributed by atoms with Crippen molar-refractivity contribution in [3.05, 3.63) is 105 Å². The van der Waals surface area contributed by atoms with Gasteiger partial charge in [0.1, 0.15) is 6.04 Å². The number of amides is 2. The molecule has 3 aromatic rings. The molecule has 4 aliphatic rings.